The minimum atomic E-state index is -4.54. The molecule has 4 nitrogen and oxygen atoms in total. The number of aromatic hydroxyl groups is 1. The Morgan fingerprint density at radius 3 is 2.71 bits per heavy atom. The van der Waals surface area contributed by atoms with Crippen LogP contribution < -0.4 is 0 Å². The van der Waals surface area contributed by atoms with E-state index in [9.17, 15) is 13.2 Å². The maximum atomic E-state index is 12.6. The summed E-state index contributed by atoms with van der Waals surface area (Å²) in [5.74, 6) is -0.454. The van der Waals surface area contributed by atoms with Crippen LogP contribution in [0, 0.1) is 0 Å². The Bertz CT molecular complexity index is 476. The molecule has 0 heterocycles. The van der Waals surface area contributed by atoms with E-state index >= 15 is 0 Å². The molecule has 0 fully saturated rings. The first-order chi connectivity index (χ1) is 7.95. The van der Waals surface area contributed by atoms with Gasteiger partial charge in [-0.2, -0.15) is 13.2 Å². The number of hydrogen-bond acceptors (Lipinski definition) is 2. The van der Waals surface area contributed by atoms with Gasteiger partial charge < -0.3 is 5.11 Å². The summed E-state index contributed by atoms with van der Waals surface area (Å²) in [6.45, 7) is -0.0331. The van der Waals surface area contributed by atoms with Gasteiger partial charge in [0.2, 0.25) is 0 Å². The topological polar surface area (TPSA) is 69.0 Å². The van der Waals surface area contributed by atoms with Crippen LogP contribution in [0.4, 0.5) is 13.2 Å². The van der Waals surface area contributed by atoms with Gasteiger partial charge in [0, 0.05) is 11.5 Å². The zero-order valence-electron chi connectivity index (χ0n) is 8.52. The first kappa shape index (κ1) is 12.9. The molecule has 1 N–H and O–H groups in total. The Kier molecular flexibility index (Phi) is 4.01. The van der Waals surface area contributed by atoms with Crippen molar-refractivity contribution in [3.8, 4) is 5.75 Å². The number of halogens is 3. The number of alkyl halides is 3. The van der Waals surface area contributed by atoms with E-state index < -0.39 is 17.5 Å². The molecule has 0 aliphatic carbocycles. The van der Waals surface area contributed by atoms with E-state index in [0.717, 1.165) is 12.1 Å². The van der Waals surface area contributed by atoms with Crippen LogP contribution in [-0.4, -0.2) is 11.7 Å². The summed E-state index contributed by atoms with van der Waals surface area (Å²) in [6.07, 6.45) is -2.05. The van der Waals surface area contributed by atoms with Crippen molar-refractivity contribution in [2.75, 3.05) is 6.54 Å². The van der Waals surface area contributed by atoms with Crippen LogP contribution in [0.2, 0.25) is 0 Å². The molecule has 90 valence electrons. The Balaban J connectivity index is 3.07. The first-order valence-electron chi connectivity index (χ1n) is 4.53. The van der Waals surface area contributed by atoms with Gasteiger partial charge in [-0.3, -0.25) is 0 Å². The van der Waals surface area contributed by atoms with Crippen LogP contribution in [0.25, 0.3) is 16.5 Å². The van der Waals surface area contributed by atoms with Gasteiger partial charge in [0.05, 0.1) is 5.56 Å². The fourth-order valence-electron chi connectivity index (χ4n) is 1.20. The molecule has 7 heteroatoms. The molecule has 0 saturated carbocycles. The van der Waals surface area contributed by atoms with Gasteiger partial charge >= 0.3 is 6.18 Å². The second kappa shape index (κ2) is 5.27. The lowest BCUT2D eigenvalue weighted by molar-refractivity contribution is -0.137. The second-order valence-corrected chi connectivity index (χ2v) is 3.09. The monoisotopic (exact) mass is 243 g/mol. The van der Waals surface area contributed by atoms with Gasteiger partial charge in [-0.1, -0.05) is 23.3 Å². The van der Waals surface area contributed by atoms with Gasteiger partial charge in [0.1, 0.15) is 5.75 Å². The highest BCUT2D eigenvalue weighted by Crippen LogP contribution is 2.34. The summed E-state index contributed by atoms with van der Waals surface area (Å²) < 4.78 is 37.7. The lowest BCUT2D eigenvalue weighted by atomic mass is 10.1. The normalized spacial score (nSPS) is 11.5. The maximum absolute atomic E-state index is 12.6. The van der Waals surface area contributed by atoms with Crippen LogP contribution in [-0.2, 0) is 6.18 Å². The molecule has 17 heavy (non-hydrogen) atoms. The molecular formula is C10H8F3N3O. The van der Waals surface area contributed by atoms with Crippen molar-refractivity contribution in [1.82, 2.24) is 0 Å². The quantitative estimate of drug-likeness (QED) is 0.490. The van der Waals surface area contributed by atoms with Crippen LogP contribution in [0.15, 0.2) is 29.4 Å². The third-order valence-corrected chi connectivity index (χ3v) is 1.89. The van der Waals surface area contributed by atoms with E-state index in [2.05, 4.69) is 10.0 Å². The first-order valence-corrected chi connectivity index (χ1v) is 4.53. The van der Waals surface area contributed by atoms with E-state index in [1.54, 1.807) is 0 Å². The number of phenols is 1. The van der Waals surface area contributed by atoms with Gasteiger partial charge in [-0.25, -0.2) is 0 Å². The fraction of sp³-hybridized carbons (Fsp3) is 0.200. The van der Waals surface area contributed by atoms with Crippen LogP contribution in [0.5, 0.6) is 5.75 Å². The number of hydrogen-bond donors (Lipinski definition) is 1. The molecule has 0 atom stereocenters. The van der Waals surface area contributed by atoms with Crippen molar-refractivity contribution in [2.24, 2.45) is 5.11 Å². The van der Waals surface area contributed by atoms with Crippen molar-refractivity contribution in [1.29, 1.82) is 0 Å². The summed E-state index contributed by atoms with van der Waals surface area (Å²) in [7, 11) is 0. The van der Waals surface area contributed by atoms with Crippen LogP contribution >= 0.6 is 0 Å². The molecule has 0 aliphatic heterocycles. The third-order valence-electron chi connectivity index (χ3n) is 1.89. The minimum Gasteiger partial charge on any atom is -0.508 e. The highest BCUT2D eigenvalue weighted by atomic mass is 19.4. The zero-order chi connectivity index (χ0) is 12.9. The molecule has 1 rings (SSSR count). The van der Waals surface area contributed by atoms with Crippen LogP contribution in [0.3, 0.4) is 0 Å². The van der Waals surface area contributed by atoms with E-state index in [1.807, 2.05) is 0 Å². The minimum absolute atomic E-state index is 0.0331. The third kappa shape index (κ3) is 3.73. The SMILES string of the molecule is [N-]=[N+]=NCC=Cc1ccc(O)cc1C(F)(F)F. The van der Waals surface area contributed by atoms with E-state index in [1.165, 1.54) is 12.2 Å². The lowest BCUT2D eigenvalue weighted by Gasteiger charge is -2.10. The highest BCUT2D eigenvalue weighted by molar-refractivity contribution is 5.56. The zero-order valence-corrected chi connectivity index (χ0v) is 8.52. The molecule has 1 aromatic rings. The molecule has 0 aromatic heterocycles. The summed E-state index contributed by atoms with van der Waals surface area (Å²) in [4.78, 5) is 2.46. The van der Waals surface area contributed by atoms with Gasteiger partial charge in [-0.05, 0) is 23.2 Å². The predicted molar refractivity (Wildman–Crippen MR) is 56.2 cm³/mol. The summed E-state index contributed by atoms with van der Waals surface area (Å²) in [5, 5.41) is 12.2. The van der Waals surface area contributed by atoms with Crippen molar-refractivity contribution in [3.63, 3.8) is 0 Å². The second-order valence-electron chi connectivity index (χ2n) is 3.09. The van der Waals surface area contributed by atoms with E-state index in [0.29, 0.717) is 6.07 Å². The Labute approximate surface area is 94.6 Å². The Hall–Kier alpha value is -2.14. The van der Waals surface area contributed by atoms with Gasteiger partial charge in [-0.15, -0.1) is 0 Å². The molecular weight excluding hydrogens is 235 g/mol. The van der Waals surface area contributed by atoms with Gasteiger partial charge in [0.15, 0.2) is 0 Å². The number of azide groups is 1. The number of phenolic OH excluding ortho intramolecular Hbond substituents is 1. The van der Waals surface area contributed by atoms with Crippen molar-refractivity contribution in [2.45, 2.75) is 6.18 Å². The Morgan fingerprint density at radius 2 is 2.12 bits per heavy atom. The standard InChI is InChI=1S/C10H8F3N3O/c11-10(12,13)9-6-8(17)4-3-7(9)2-1-5-15-16-14/h1-4,6,17H,5H2. The number of nitrogens with zero attached hydrogens (tertiary/aromatic N) is 3. The number of rotatable bonds is 3. The smallest absolute Gasteiger partial charge is 0.417 e. The molecule has 1 aromatic carbocycles. The highest BCUT2D eigenvalue weighted by Gasteiger charge is 2.33. The molecule has 0 radical (unpaired) electrons. The number of benzene rings is 1. The van der Waals surface area contributed by atoms with Gasteiger partial charge in [0.25, 0.3) is 0 Å². The Morgan fingerprint density at radius 1 is 1.41 bits per heavy atom. The largest absolute Gasteiger partial charge is 0.508 e. The van der Waals surface area contributed by atoms with Crippen LogP contribution in [0.1, 0.15) is 11.1 Å². The maximum Gasteiger partial charge on any atom is 0.417 e. The molecule has 0 bridgehead atoms. The summed E-state index contributed by atoms with van der Waals surface area (Å²) in [6, 6.07) is 2.94. The van der Waals surface area contributed by atoms with E-state index in [4.69, 9.17) is 10.6 Å². The van der Waals surface area contributed by atoms with Crippen molar-refractivity contribution < 1.29 is 18.3 Å². The summed E-state index contributed by atoms with van der Waals surface area (Å²) >= 11 is 0. The molecule has 0 saturated heterocycles. The molecule has 0 aliphatic rings. The molecule has 0 spiro atoms. The lowest BCUT2D eigenvalue weighted by Crippen LogP contribution is -2.07. The summed E-state index contributed by atoms with van der Waals surface area (Å²) in [5.41, 5.74) is 6.97. The van der Waals surface area contributed by atoms with E-state index in [-0.39, 0.29) is 12.1 Å². The fourth-order valence-corrected chi connectivity index (χ4v) is 1.20. The molecule has 0 unspecified atom stereocenters. The molecule has 0 amide bonds. The van der Waals surface area contributed by atoms with Crippen molar-refractivity contribution >= 4 is 6.08 Å². The average molecular weight is 243 g/mol. The average Bonchev–Trinajstić information content (AvgIpc) is 2.25. The van der Waals surface area contributed by atoms with Crippen molar-refractivity contribution in [3.05, 3.63) is 45.8 Å². The predicted octanol–water partition coefficient (Wildman–Crippen LogP) is 3.73.